The van der Waals surface area contributed by atoms with Crippen LogP contribution >= 0.6 is 65.0 Å². The third-order valence-corrected chi connectivity index (χ3v) is 14.0. The molecule has 0 heterocycles. The van der Waals surface area contributed by atoms with Gasteiger partial charge in [0.15, 0.2) is 0 Å². The zero-order valence-electron chi connectivity index (χ0n) is 15.3. The minimum absolute atomic E-state index is 0.0547. The molecule has 0 unspecified atom stereocenters. The molecule has 0 amide bonds. The molecular weight excluding hydrogens is 645 g/mol. The molecule has 0 saturated heterocycles. The Hall–Kier alpha value is 0.680. The number of carbonyl (C=O) groups excluding carboxylic acids is 1. The first kappa shape index (κ1) is 22.7. The molecule has 138 valence electrons. The maximum atomic E-state index is 12.6. The Morgan fingerprint density at radius 2 is 1.54 bits per heavy atom. The van der Waals surface area contributed by atoms with E-state index < -0.39 is 19.8 Å². The van der Waals surface area contributed by atoms with E-state index in [1.807, 2.05) is 19.1 Å². The Morgan fingerprint density at radius 1 is 1.12 bits per heavy atom. The molecule has 0 radical (unpaired) electrons. The molecule has 1 aromatic rings. The molecule has 0 fully saturated rings. The van der Waals surface area contributed by atoms with Crippen LogP contribution in [0, 0.1) is 3.57 Å². The Kier molecular flexibility index (Phi) is 8.12. The molecule has 0 aliphatic carbocycles. The van der Waals surface area contributed by atoms with Gasteiger partial charge in [-0.3, -0.25) is 0 Å². The second-order valence-electron chi connectivity index (χ2n) is 7.58. The molecule has 0 bridgehead atoms. The summed E-state index contributed by atoms with van der Waals surface area (Å²) in [6, 6.07) is 4.08. The van der Waals surface area contributed by atoms with E-state index in [4.69, 9.17) is 4.74 Å². The van der Waals surface area contributed by atoms with E-state index in [0.29, 0.717) is 12.4 Å². The number of ether oxygens (including phenoxy) is 1. The number of benzene rings is 1. The summed E-state index contributed by atoms with van der Waals surface area (Å²) in [6.45, 7) is 14.8. The van der Waals surface area contributed by atoms with E-state index in [-0.39, 0.29) is 14.7 Å². The summed E-state index contributed by atoms with van der Waals surface area (Å²) in [4.78, 5) is 12.6. The van der Waals surface area contributed by atoms with Crippen LogP contribution in [0.1, 0.15) is 59.6 Å². The molecular formula is C18H27I3O3. The summed E-state index contributed by atoms with van der Waals surface area (Å²) in [7, 11) is 0. The van der Waals surface area contributed by atoms with Crippen LogP contribution in [-0.4, -0.2) is 15.6 Å². The number of halogens is 3. The maximum absolute atomic E-state index is 12.6. The van der Waals surface area contributed by atoms with E-state index in [1.54, 1.807) is 0 Å². The van der Waals surface area contributed by atoms with Crippen molar-refractivity contribution in [2.45, 2.75) is 59.2 Å². The van der Waals surface area contributed by atoms with E-state index in [2.05, 4.69) is 86.7 Å². The van der Waals surface area contributed by atoms with Crippen molar-refractivity contribution in [3.63, 3.8) is 0 Å². The standard InChI is InChI=1S/C18H27I3O3/c1-8-24-16(23)21(15(19)20)11-9-12(17(2,3)4)14(22)13(10-11)18(5,6)7/h9-10,15,22H,8H2,1-7H3. The number of rotatable bonds is 4. The zero-order valence-corrected chi connectivity index (χ0v) is 21.8. The average molecular weight is 672 g/mol. The van der Waals surface area contributed by atoms with Crippen molar-refractivity contribution >= 4 is 69.0 Å². The van der Waals surface area contributed by atoms with Crippen molar-refractivity contribution in [1.29, 1.82) is 0 Å². The molecule has 3 nitrogen and oxygen atoms in total. The Labute approximate surface area is 180 Å². The number of aromatic hydroxyl groups is 1. The first-order valence-electron chi connectivity index (χ1n) is 7.81. The summed E-state index contributed by atoms with van der Waals surface area (Å²) in [6.07, 6.45) is 0. The average Bonchev–Trinajstić information content (AvgIpc) is 2.37. The van der Waals surface area contributed by atoms with Gasteiger partial charge in [-0.2, -0.15) is 0 Å². The van der Waals surface area contributed by atoms with Gasteiger partial charge in [0.2, 0.25) is 0 Å². The second-order valence-corrected chi connectivity index (χ2v) is 22.4. The fourth-order valence-corrected chi connectivity index (χ4v) is 11.9. The SMILES string of the molecule is CCOC(=O)I(c1cc(C(C)(C)C)c(O)c(C(C)(C)C)c1)C(I)I. The number of carbonyl (C=O) groups is 1. The third-order valence-electron chi connectivity index (χ3n) is 3.51. The van der Waals surface area contributed by atoms with Gasteiger partial charge in [0.1, 0.15) is 0 Å². The Bertz CT molecular complexity index is 564. The van der Waals surface area contributed by atoms with Gasteiger partial charge in [0.05, 0.1) is 0 Å². The van der Waals surface area contributed by atoms with E-state index in [1.165, 1.54) is 0 Å². The molecule has 0 aromatic heterocycles. The predicted octanol–water partition coefficient (Wildman–Crippen LogP) is 6.97. The van der Waals surface area contributed by atoms with Gasteiger partial charge in [-0.05, 0) is 0 Å². The van der Waals surface area contributed by atoms with Crippen molar-refractivity contribution in [2.24, 2.45) is 0 Å². The molecule has 1 aromatic carbocycles. The van der Waals surface area contributed by atoms with Gasteiger partial charge >= 0.3 is 182 Å². The molecule has 0 saturated carbocycles. The van der Waals surface area contributed by atoms with E-state index >= 15 is 0 Å². The molecule has 0 spiro atoms. The molecule has 24 heavy (non-hydrogen) atoms. The molecule has 6 heteroatoms. The summed E-state index contributed by atoms with van der Waals surface area (Å²) >= 11 is 2.45. The van der Waals surface area contributed by atoms with Gasteiger partial charge in [-0.1, -0.05) is 0 Å². The monoisotopic (exact) mass is 672 g/mol. The minimum atomic E-state index is -2.21. The van der Waals surface area contributed by atoms with E-state index in [0.717, 1.165) is 14.7 Å². The van der Waals surface area contributed by atoms with Crippen LogP contribution in [0.2, 0.25) is 0 Å². The fourth-order valence-electron chi connectivity index (χ4n) is 2.28. The predicted molar refractivity (Wildman–Crippen MR) is 127 cm³/mol. The van der Waals surface area contributed by atoms with Crippen molar-refractivity contribution in [2.75, 3.05) is 6.61 Å². The number of phenolic OH excluding ortho intramolecular Hbond substituents is 1. The zero-order chi connectivity index (χ0) is 18.9. The van der Waals surface area contributed by atoms with Crippen LogP contribution < -0.4 is 0 Å². The number of hydrogen-bond acceptors (Lipinski definition) is 3. The number of phenols is 1. The number of hydrogen-bond donors (Lipinski definition) is 1. The molecule has 1 N–H and O–H groups in total. The third kappa shape index (κ3) is 5.59. The van der Waals surface area contributed by atoms with E-state index in [9.17, 15) is 9.90 Å². The fraction of sp³-hybridized carbons (Fsp3) is 0.611. The van der Waals surface area contributed by atoms with Crippen molar-refractivity contribution in [3.8, 4) is 5.75 Å². The first-order valence-corrected chi connectivity index (χ1v) is 13.7. The topological polar surface area (TPSA) is 46.5 Å². The van der Waals surface area contributed by atoms with Crippen LogP contribution in [-0.2, 0) is 15.6 Å². The van der Waals surface area contributed by atoms with Gasteiger partial charge in [0, 0.05) is 0 Å². The van der Waals surface area contributed by atoms with Crippen molar-refractivity contribution in [1.82, 2.24) is 0 Å². The van der Waals surface area contributed by atoms with Crippen molar-refractivity contribution < 1.29 is 14.6 Å². The van der Waals surface area contributed by atoms with Crippen molar-refractivity contribution in [3.05, 3.63) is 26.8 Å². The van der Waals surface area contributed by atoms with Gasteiger partial charge in [0.25, 0.3) is 0 Å². The van der Waals surface area contributed by atoms with Gasteiger partial charge in [-0.25, -0.2) is 0 Å². The summed E-state index contributed by atoms with van der Waals surface area (Å²) in [5.41, 5.74) is 1.43. The van der Waals surface area contributed by atoms with Gasteiger partial charge < -0.3 is 0 Å². The molecule has 0 aliphatic rings. The van der Waals surface area contributed by atoms with Gasteiger partial charge in [-0.15, -0.1) is 0 Å². The van der Waals surface area contributed by atoms with Crippen LogP contribution in [0.25, 0.3) is 0 Å². The summed E-state index contributed by atoms with van der Waals surface area (Å²) in [5.74, 6) is 0.358. The molecule has 0 atom stereocenters. The Morgan fingerprint density at radius 3 is 1.83 bits per heavy atom. The summed E-state index contributed by atoms with van der Waals surface area (Å²) < 4.78 is 6.59. The van der Waals surface area contributed by atoms with Crippen LogP contribution in [0.5, 0.6) is 5.75 Å². The first-order chi connectivity index (χ1) is 10.8. The Balaban J connectivity index is 3.66. The second kappa shape index (κ2) is 8.58. The van der Waals surface area contributed by atoms with Crippen LogP contribution in [0.3, 0.4) is 0 Å². The molecule has 1 rings (SSSR count). The number of alkyl halides is 3. The van der Waals surface area contributed by atoms with Crippen LogP contribution in [0.4, 0.5) is 4.79 Å². The summed E-state index contributed by atoms with van der Waals surface area (Å²) in [5, 5.41) is 10.8. The quantitative estimate of drug-likeness (QED) is 0.214. The normalized spacial score (nSPS) is 13.2. The molecule has 0 aliphatic heterocycles. The van der Waals surface area contributed by atoms with Crippen LogP contribution in [0.15, 0.2) is 12.1 Å².